The number of aryl methyl sites for hydroxylation is 1. The number of nitrogens with zero attached hydrogens (tertiary/aromatic N) is 1. The number of carboxylic acid groups (broad SMARTS) is 1. The van der Waals surface area contributed by atoms with Gasteiger partial charge in [0, 0.05) is 24.3 Å². The molecule has 1 saturated heterocycles. The predicted molar refractivity (Wildman–Crippen MR) is 102 cm³/mol. The van der Waals surface area contributed by atoms with Crippen molar-refractivity contribution < 1.29 is 28.6 Å². The fourth-order valence-corrected chi connectivity index (χ4v) is 3.90. The van der Waals surface area contributed by atoms with Crippen molar-refractivity contribution in [2.75, 3.05) is 6.54 Å². The summed E-state index contributed by atoms with van der Waals surface area (Å²) in [6.07, 6.45) is 3.36. The lowest BCUT2D eigenvalue weighted by molar-refractivity contribution is -0.148. The van der Waals surface area contributed by atoms with E-state index in [-0.39, 0.29) is 11.4 Å². The molecule has 0 bridgehead atoms. The lowest BCUT2D eigenvalue weighted by Gasteiger charge is -2.21. The van der Waals surface area contributed by atoms with E-state index in [9.17, 15) is 23.5 Å². The molecule has 0 aromatic carbocycles. The number of hydrogen-bond donors (Lipinski definition) is 2. The second-order valence-corrected chi connectivity index (χ2v) is 7.74. The average molecular weight is 411 g/mol. The predicted octanol–water partition coefficient (Wildman–Crippen LogP) is 3.34. The van der Waals surface area contributed by atoms with Crippen LogP contribution in [0, 0.1) is 11.8 Å². The van der Waals surface area contributed by atoms with Crippen LogP contribution in [0.25, 0.3) is 0 Å². The van der Waals surface area contributed by atoms with Gasteiger partial charge in [-0.25, -0.2) is 4.79 Å². The van der Waals surface area contributed by atoms with Crippen LogP contribution >= 0.6 is 11.3 Å². The van der Waals surface area contributed by atoms with Crippen molar-refractivity contribution in [2.45, 2.75) is 57.1 Å². The number of halogens is 2. The smallest absolute Gasteiger partial charge is 0.345 e. The second kappa shape index (κ2) is 9.80. The number of aromatic carboxylic acids is 1. The molecule has 2 heterocycles. The summed E-state index contributed by atoms with van der Waals surface area (Å²) in [5.41, 5.74) is 0. The summed E-state index contributed by atoms with van der Waals surface area (Å²) in [7, 11) is 0. The molecule has 0 spiro atoms. The molecule has 2 rings (SSSR count). The maximum absolute atomic E-state index is 13.9. The number of hydrogen-bond acceptors (Lipinski definition) is 4. The van der Waals surface area contributed by atoms with Crippen LogP contribution in [-0.2, 0) is 11.2 Å². The van der Waals surface area contributed by atoms with Gasteiger partial charge in [0.2, 0.25) is 0 Å². The molecular weight excluding hydrogens is 388 g/mol. The number of alkyl halides is 2. The minimum atomic E-state index is -3.41. The third-order valence-corrected chi connectivity index (χ3v) is 5.56. The van der Waals surface area contributed by atoms with Gasteiger partial charge in [0.05, 0.1) is 12.1 Å². The summed E-state index contributed by atoms with van der Waals surface area (Å²) in [4.78, 5) is 25.1. The van der Waals surface area contributed by atoms with E-state index >= 15 is 0 Å². The Labute approximate surface area is 166 Å². The summed E-state index contributed by atoms with van der Waals surface area (Å²) >= 11 is 1.14. The Morgan fingerprint density at radius 2 is 2.25 bits per heavy atom. The molecule has 5 nitrogen and oxygen atoms in total. The van der Waals surface area contributed by atoms with E-state index in [0.717, 1.165) is 21.1 Å². The SMILES string of the molecule is CC#CCCC(O)/C=C/C1CC(F)(F)C(=O)N1CCCc1ccc(C(=O)O)s1. The van der Waals surface area contributed by atoms with Crippen molar-refractivity contribution in [3.05, 3.63) is 34.0 Å². The normalized spacial score (nSPS) is 19.6. The molecule has 2 atom stereocenters. The van der Waals surface area contributed by atoms with Crippen molar-refractivity contribution in [3.8, 4) is 11.8 Å². The van der Waals surface area contributed by atoms with Crippen molar-refractivity contribution in [3.63, 3.8) is 0 Å². The summed E-state index contributed by atoms with van der Waals surface area (Å²) in [5.74, 6) is -0.0700. The molecule has 1 amide bonds. The largest absolute Gasteiger partial charge is 0.477 e. The number of amides is 1. The van der Waals surface area contributed by atoms with Crippen LogP contribution in [0.3, 0.4) is 0 Å². The molecule has 8 heteroatoms. The van der Waals surface area contributed by atoms with Crippen LogP contribution < -0.4 is 0 Å². The highest BCUT2D eigenvalue weighted by atomic mass is 32.1. The third kappa shape index (κ3) is 5.88. The van der Waals surface area contributed by atoms with Crippen molar-refractivity contribution in [1.82, 2.24) is 4.90 Å². The lowest BCUT2D eigenvalue weighted by Crippen LogP contribution is -2.36. The van der Waals surface area contributed by atoms with Crippen LogP contribution in [0.4, 0.5) is 8.78 Å². The van der Waals surface area contributed by atoms with E-state index in [4.69, 9.17) is 5.11 Å². The van der Waals surface area contributed by atoms with Gasteiger partial charge in [-0.2, -0.15) is 8.78 Å². The maximum atomic E-state index is 13.9. The first-order valence-corrected chi connectivity index (χ1v) is 9.83. The molecule has 1 aromatic heterocycles. The van der Waals surface area contributed by atoms with E-state index in [1.165, 1.54) is 18.2 Å². The Bertz CT molecular complexity index is 794. The Morgan fingerprint density at radius 3 is 2.89 bits per heavy atom. The van der Waals surface area contributed by atoms with E-state index in [2.05, 4.69) is 11.8 Å². The molecule has 152 valence electrons. The molecule has 0 aliphatic carbocycles. The van der Waals surface area contributed by atoms with Crippen molar-refractivity contribution in [2.24, 2.45) is 0 Å². The summed E-state index contributed by atoms with van der Waals surface area (Å²) < 4.78 is 27.8. The zero-order chi connectivity index (χ0) is 20.7. The van der Waals surface area contributed by atoms with E-state index in [0.29, 0.717) is 25.7 Å². The molecule has 1 fully saturated rings. The third-order valence-electron chi connectivity index (χ3n) is 4.43. The molecule has 2 unspecified atom stereocenters. The Hall–Kier alpha value is -2.24. The van der Waals surface area contributed by atoms with Gasteiger partial charge in [-0.3, -0.25) is 4.79 Å². The van der Waals surface area contributed by atoms with Crippen molar-refractivity contribution >= 4 is 23.2 Å². The van der Waals surface area contributed by atoms with Crippen molar-refractivity contribution in [1.29, 1.82) is 0 Å². The topological polar surface area (TPSA) is 77.8 Å². The standard InChI is InChI=1S/C20H23F2NO4S/c1-2-3-4-6-15(24)9-8-14-13-20(21,22)19(27)23(14)12-5-7-16-10-11-17(28-16)18(25)26/h8-11,14-15,24H,4-7,12-13H2,1H3,(H,25,26)/b9-8+. The van der Waals surface area contributed by atoms with Crippen LogP contribution in [0.5, 0.6) is 0 Å². The Morgan fingerprint density at radius 1 is 1.50 bits per heavy atom. The molecule has 1 aromatic rings. The van der Waals surface area contributed by atoms with E-state index in [1.807, 2.05) is 0 Å². The van der Waals surface area contributed by atoms with Gasteiger partial charge < -0.3 is 15.1 Å². The van der Waals surface area contributed by atoms with Crippen LogP contribution in [-0.4, -0.2) is 51.6 Å². The highest BCUT2D eigenvalue weighted by Crippen LogP contribution is 2.34. The van der Waals surface area contributed by atoms with Gasteiger partial charge in [-0.1, -0.05) is 12.2 Å². The minimum absolute atomic E-state index is 0.140. The summed E-state index contributed by atoms with van der Waals surface area (Å²) in [6, 6.07) is 2.43. The van der Waals surface area contributed by atoms with Crippen LogP contribution in [0.15, 0.2) is 24.3 Å². The molecule has 2 N–H and O–H groups in total. The zero-order valence-electron chi connectivity index (χ0n) is 15.5. The highest BCUT2D eigenvalue weighted by Gasteiger charge is 2.52. The Balaban J connectivity index is 1.94. The fourth-order valence-electron chi connectivity index (χ4n) is 3.01. The number of rotatable bonds is 9. The summed E-state index contributed by atoms with van der Waals surface area (Å²) in [5, 5.41) is 18.8. The molecule has 0 radical (unpaired) electrons. The second-order valence-electron chi connectivity index (χ2n) is 6.57. The number of aliphatic hydroxyl groups excluding tert-OH is 1. The zero-order valence-corrected chi connectivity index (χ0v) is 16.3. The number of aliphatic hydroxyl groups is 1. The number of carboxylic acids is 1. The molecule has 1 aliphatic rings. The average Bonchev–Trinajstić information content (AvgIpc) is 3.18. The number of carbonyl (C=O) groups is 2. The first kappa shape index (κ1) is 22.1. The number of likely N-dealkylation sites (tertiary alicyclic amines) is 1. The molecule has 28 heavy (non-hydrogen) atoms. The maximum Gasteiger partial charge on any atom is 0.345 e. The minimum Gasteiger partial charge on any atom is -0.477 e. The van der Waals surface area contributed by atoms with E-state index < -0.39 is 36.4 Å². The first-order valence-electron chi connectivity index (χ1n) is 9.01. The van der Waals surface area contributed by atoms with Crippen LogP contribution in [0.1, 0.15) is 47.2 Å². The highest BCUT2D eigenvalue weighted by molar-refractivity contribution is 7.13. The molecule has 1 aliphatic heterocycles. The van der Waals surface area contributed by atoms with Gasteiger partial charge in [0.15, 0.2) is 0 Å². The van der Waals surface area contributed by atoms with Gasteiger partial charge in [-0.05, 0) is 38.3 Å². The molecule has 0 saturated carbocycles. The van der Waals surface area contributed by atoms with E-state index in [1.54, 1.807) is 13.0 Å². The van der Waals surface area contributed by atoms with Crippen LogP contribution in [0.2, 0.25) is 0 Å². The first-order chi connectivity index (χ1) is 13.2. The molecular formula is C20H23F2NO4S. The van der Waals surface area contributed by atoms with Gasteiger partial charge in [0.1, 0.15) is 4.88 Å². The van der Waals surface area contributed by atoms with Gasteiger partial charge >= 0.3 is 11.9 Å². The number of carbonyl (C=O) groups excluding carboxylic acids is 1. The summed E-state index contributed by atoms with van der Waals surface area (Å²) in [6.45, 7) is 1.84. The Kier molecular flexibility index (Phi) is 7.72. The fraction of sp³-hybridized carbons (Fsp3) is 0.500. The lowest BCUT2D eigenvalue weighted by atomic mass is 10.1. The quantitative estimate of drug-likeness (QED) is 0.483. The number of thiophene rings is 1. The van der Waals surface area contributed by atoms with Gasteiger partial charge in [-0.15, -0.1) is 23.2 Å². The van der Waals surface area contributed by atoms with Gasteiger partial charge in [0.25, 0.3) is 5.91 Å². The monoisotopic (exact) mass is 411 g/mol.